The number of hydrogen-bond acceptors (Lipinski definition) is 3. The summed E-state index contributed by atoms with van der Waals surface area (Å²) in [6.45, 7) is 2.03. The third kappa shape index (κ3) is 1.65. The molecule has 0 aliphatic carbocycles. The second kappa shape index (κ2) is 4.15. The van der Waals surface area contributed by atoms with Gasteiger partial charge in [-0.3, -0.25) is 4.79 Å². The van der Waals surface area contributed by atoms with E-state index in [0.29, 0.717) is 6.42 Å². The number of carbonyl (C=O) groups is 1. The molecule has 0 unspecified atom stereocenters. The lowest BCUT2D eigenvalue weighted by Crippen LogP contribution is -2.04. The summed E-state index contributed by atoms with van der Waals surface area (Å²) in [7, 11) is 0. The minimum absolute atomic E-state index is 0.0776. The average Bonchev–Trinajstić information content (AvgIpc) is 3.04. The third-order valence-electron chi connectivity index (χ3n) is 3.79. The van der Waals surface area contributed by atoms with E-state index in [9.17, 15) is 4.79 Å². The number of rotatable bonds is 1. The van der Waals surface area contributed by atoms with E-state index >= 15 is 0 Å². The Bertz CT molecular complexity index is 851. The first-order chi connectivity index (χ1) is 9.72. The monoisotopic (exact) mass is 280 g/mol. The fourth-order valence-corrected chi connectivity index (χ4v) is 3.40. The van der Waals surface area contributed by atoms with E-state index in [1.807, 2.05) is 13.1 Å². The number of aryl methyl sites for hydroxylation is 1. The summed E-state index contributed by atoms with van der Waals surface area (Å²) in [6, 6.07) is 10.5. The third-order valence-corrected chi connectivity index (χ3v) is 4.57. The van der Waals surface area contributed by atoms with Gasteiger partial charge in [0.2, 0.25) is 5.91 Å². The second-order valence-corrected chi connectivity index (χ2v) is 5.92. The number of nitrogens with zero attached hydrogens (tertiary/aromatic N) is 1. The van der Waals surface area contributed by atoms with E-state index in [1.54, 1.807) is 0 Å². The van der Waals surface area contributed by atoms with Crippen molar-refractivity contribution in [1.82, 2.24) is 4.37 Å². The first-order valence-electron chi connectivity index (χ1n) is 6.49. The van der Waals surface area contributed by atoms with Crippen molar-refractivity contribution in [2.45, 2.75) is 13.3 Å². The average molecular weight is 280 g/mol. The van der Waals surface area contributed by atoms with Crippen LogP contribution in [0.4, 0.5) is 5.69 Å². The molecule has 2 aromatic carbocycles. The second-order valence-electron chi connectivity index (χ2n) is 5.09. The maximum Gasteiger partial charge on any atom is 0.228 e. The molecule has 0 atom stereocenters. The molecule has 0 spiro atoms. The van der Waals surface area contributed by atoms with Gasteiger partial charge >= 0.3 is 0 Å². The molecule has 1 aliphatic rings. The number of hydrogen-bond donors (Lipinski definition) is 1. The smallest absolute Gasteiger partial charge is 0.228 e. The Balaban J connectivity index is 1.94. The number of fused-ring (bicyclic) bond motifs is 2. The van der Waals surface area contributed by atoms with Crippen molar-refractivity contribution in [3.05, 3.63) is 47.7 Å². The number of nitrogens with one attached hydrogen (secondary N) is 1. The molecular formula is C16H12N2OS. The highest BCUT2D eigenvalue weighted by Crippen LogP contribution is 2.37. The van der Waals surface area contributed by atoms with Gasteiger partial charge < -0.3 is 5.32 Å². The molecule has 4 heteroatoms. The Labute approximate surface area is 120 Å². The highest BCUT2D eigenvalue weighted by atomic mass is 32.1. The molecule has 1 N–H and O–H groups in total. The number of amides is 1. The molecule has 20 heavy (non-hydrogen) atoms. The van der Waals surface area contributed by atoms with Crippen LogP contribution in [0.15, 0.2) is 36.5 Å². The van der Waals surface area contributed by atoms with Crippen LogP contribution in [-0.4, -0.2) is 10.3 Å². The predicted octanol–water partition coefficient (Wildman–Crippen LogP) is 3.77. The normalized spacial score (nSPS) is 13.6. The molecule has 0 saturated heterocycles. The van der Waals surface area contributed by atoms with Crippen molar-refractivity contribution in [1.29, 1.82) is 0 Å². The lowest BCUT2D eigenvalue weighted by Gasteiger charge is -2.10. The van der Waals surface area contributed by atoms with Crippen LogP contribution in [0.2, 0.25) is 0 Å². The summed E-state index contributed by atoms with van der Waals surface area (Å²) in [6.07, 6.45) is 2.35. The van der Waals surface area contributed by atoms with Crippen LogP contribution < -0.4 is 5.32 Å². The highest BCUT2D eigenvalue weighted by molar-refractivity contribution is 7.13. The standard InChI is InChI=1S/C16H12N2OS/c1-9-2-4-12(13-7-15(19)18-16(9)13)10-3-5-14-11(6-10)8-17-20-14/h2-6,8H,7H2,1H3,(H,18,19). The van der Waals surface area contributed by atoms with E-state index in [2.05, 4.69) is 40.0 Å². The quantitative estimate of drug-likeness (QED) is 0.737. The zero-order valence-corrected chi connectivity index (χ0v) is 11.8. The van der Waals surface area contributed by atoms with E-state index < -0.39 is 0 Å². The minimum Gasteiger partial charge on any atom is -0.325 e. The lowest BCUT2D eigenvalue weighted by atomic mass is 9.95. The summed E-state index contributed by atoms with van der Waals surface area (Å²) < 4.78 is 5.40. The summed E-state index contributed by atoms with van der Waals surface area (Å²) in [5.41, 5.74) is 5.49. The van der Waals surface area contributed by atoms with Gasteiger partial charge in [-0.05, 0) is 52.8 Å². The predicted molar refractivity (Wildman–Crippen MR) is 82.1 cm³/mol. The summed E-state index contributed by atoms with van der Waals surface area (Å²) in [4.78, 5) is 11.7. The van der Waals surface area contributed by atoms with Crippen LogP contribution in [0.5, 0.6) is 0 Å². The Kier molecular flexibility index (Phi) is 2.41. The molecule has 3 aromatic rings. The fraction of sp³-hybridized carbons (Fsp3) is 0.125. The van der Waals surface area contributed by atoms with Crippen LogP contribution in [-0.2, 0) is 11.2 Å². The highest BCUT2D eigenvalue weighted by Gasteiger charge is 2.23. The number of aromatic nitrogens is 1. The van der Waals surface area contributed by atoms with Gasteiger partial charge in [0.25, 0.3) is 0 Å². The van der Waals surface area contributed by atoms with Gasteiger partial charge in [0.1, 0.15) is 0 Å². The molecule has 0 radical (unpaired) electrons. The summed E-state index contributed by atoms with van der Waals surface area (Å²) in [5, 5.41) is 4.11. The molecule has 4 rings (SSSR count). The molecule has 1 amide bonds. The van der Waals surface area contributed by atoms with E-state index in [1.165, 1.54) is 16.2 Å². The van der Waals surface area contributed by atoms with Crippen molar-refractivity contribution < 1.29 is 4.79 Å². The van der Waals surface area contributed by atoms with Gasteiger partial charge in [0, 0.05) is 17.3 Å². The van der Waals surface area contributed by atoms with Crippen molar-refractivity contribution in [3.8, 4) is 11.1 Å². The SMILES string of the molecule is Cc1ccc(-c2ccc3sncc3c2)c2c1NC(=O)C2. The topological polar surface area (TPSA) is 42.0 Å². The van der Waals surface area contributed by atoms with E-state index in [0.717, 1.165) is 33.3 Å². The molecule has 0 bridgehead atoms. The molecular weight excluding hydrogens is 268 g/mol. The van der Waals surface area contributed by atoms with Crippen LogP contribution in [0, 0.1) is 6.92 Å². The number of carbonyl (C=O) groups excluding carboxylic acids is 1. The van der Waals surface area contributed by atoms with Crippen LogP contribution >= 0.6 is 11.5 Å². The molecule has 0 saturated carbocycles. The molecule has 2 heterocycles. The maximum atomic E-state index is 11.7. The van der Waals surface area contributed by atoms with E-state index in [4.69, 9.17) is 0 Å². The van der Waals surface area contributed by atoms with Gasteiger partial charge in [-0.1, -0.05) is 18.2 Å². The first-order valence-corrected chi connectivity index (χ1v) is 7.27. The van der Waals surface area contributed by atoms with Gasteiger partial charge in [-0.2, -0.15) is 4.37 Å². The van der Waals surface area contributed by atoms with Gasteiger partial charge in [0.15, 0.2) is 0 Å². The van der Waals surface area contributed by atoms with Crippen LogP contribution in [0.25, 0.3) is 21.2 Å². The van der Waals surface area contributed by atoms with Crippen molar-refractivity contribution >= 4 is 33.2 Å². The Morgan fingerprint density at radius 3 is 3.05 bits per heavy atom. The Hall–Kier alpha value is -2.20. The minimum atomic E-state index is 0.0776. The molecule has 0 fully saturated rings. The molecule has 1 aromatic heterocycles. The zero-order chi connectivity index (χ0) is 13.7. The van der Waals surface area contributed by atoms with Gasteiger partial charge in [0.05, 0.1) is 11.1 Å². The van der Waals surface area contributed by atoms with Crippen LogP contribution in [0.3, 0.4) is 0 Å². The lowest BCUT2D eigenvalue weighted by molar-refractivity contribution is -0.115. The first kappa shape index (κ1) is 11.6. The Morgan fingerprint density at radius 1 is 1.25 bits per heavy atom. The number of benzene rings is 2. The van der Waals surface area contributed by atoms with Crippen molar-refractivity contribution in [2.75, 3.05) is 5.32 Å². The van der Waals surface area contributed by atoms with Crippen molar-refractivity contribution in [3.63, 3.8) is 0 Å². The largest absolute Gasteiger partial charge is 0.325 e. The number of anilines is 1. The molecule has 1 aliphatic heterocycles. The Morgan fingerprint density at radius 2 is 2.15 bits per heavy atom. The van der Waals surface area contributed by atoms with E-state index in [-0.39, 0.29) is 5.91 Å². The fourth-order valence-electron chi connectivity index (χ4n) is 2.78. The van der Waals surface area contributed by atoms with Gasteiger partial charge in [-0.25, -0.2) is 0 Å². The summed E-state index contributed by atoms with van der Waals surface area (Å²) >= 11 is 1.50. The maximum absolute atomic E-state index is 11.7. The van der Waals surface area contributed by atoms with Crippen molar-refractivity contribution in [2.24, 2.45) is 0 Å². The molecule has 3 nitrogen and oxygen atoms in total. The zero-order valence-electron chi connectivity index (χ0n) is 10.9. The molecule has 98 valence electrons. The van der Waals surface area contributed by atoms with Gasteiger partial charge in [-0.15, -0.1) is 0 Å². The van der Waals surface area contributed by atoms with Crippen LogP contribution in [0.1, 0.15) is 11.1 Å². The summed E-state index contributed by atoms with van der Waals surface area (Å²) in [5.74, 6) is 0.0776.